The Balaban J connectivity index is 2.04. The fourth-order valence-corrected chi connectivity index (χ4v) is 2.54. The SMILES string of the molecule is C=CCNc1nccn1-c1ccc2cc(Br)ccc2c1. The van der Waals surface area contributed by atoms with Gasteiger partial charge >= 0.3 is 0 Å². The summed E-state index contributed by atoms with van der Waals surface area (Å²) in [5.74, 6) is 0.821. The molecule has 100 valence electrons. The molecule has 0 spiro atoms. The third-order valence-corrected chi connectivity index (χ3v) is 3.60. The van der Waals surface area contributed by atoms with Gasteiger partial charge in [0.2, 0.25) is 5.95 Å². The summed E-state index contributed by atoms with van der Waals surface area (Å²) < 4.78 is 3.12. The molecule has 3 rings (SSSR count). The first-order chi connectivity index (χ1) is 9.78. The lowest BCUT2D eigenvalue weighted by molar-refractivity contribution is 1.04. The molecule has 0 saturated heterocycles. The van der Waals surface area contributed by atoms with Crippen LogP contribution in [0.1, 0.15) is 0 Å². The number of aromatic nitrogens is 2. The fourth-order valence-electron chi connectivity index (χ4n) is 2.16. The maximum absolute atomic E-state index is 4.32. The number of benzene rings is 2. The standard InChI is InChI=1S/C16H14BrN3/c1-2-7-18-16-19-8-9-20(16)15-6-4-12-10-14(17)5-3-13(12)11-15/h2-6,8-11H,1,7H2,(H,18,19). The maximum atomic E-state index is 4.32. The van der Waals surface area contributed by atoms with Crippen molar-refractivity contribution in [3.63, 3.8) is 0 Å². The van der Waals surface area contributed by atoms with Crippen molar-refractivity contribution in [1.29, 1.82) is 0 Å². The number of hydrogen-bond acceptors (Lipinski definition) is 2. The number of rotatable bonds is 4. The molecule has 0 fully saturated rings. The lowest BCUT2D eigenvalue weighted by Crippen LogP contribution is -2.05. The van der Waals surface area contributed by atoms with E-state index < -0.39 is 0 Å². The number of imidazole rings is 1. The molecule has 0 atom stereocenters. The van der Waals surface area contributed by atoms with Crippen molar-refractivity contribution >= 4 is 32.7 Å². The molecule has 0 saturated carbocycles. The highest BCUT2D eigenvalue weighted by Gasteiger charge is 2.05. The summed E-state index contributed by atoms with van der Waals surface area (Å²) in [6, 6.07) is 12.6. The highest BCUT2D eigenvalue weighted by atomic mass is 79.9. The van der Waals surface area contributed by atoms with Crippen LogP contribution < -0.4 is 5.32 Å². The molecule has 0 aliphatic heterocycles. The molecular weight excluding hydrogens is 314 g/mol. The molecule has 0 unspecified atom stereocenters. The maximum Gasteiger partial charge on any atom is 0.207 e. The van der Waals surface area contributed by atoms with Crippen LogP contribution in [0, 0.1) is 0 Å². The van der Waals surface area contributed by atoms with Crippen LogP contribution in [-0.4, -0.2) is 16.1 Å². The van der Waals surface area contributed by atoms with Crippen LogP contribution in [-0.2, 0) is 0 Å². The van der Waals surface area contributed by atoms with Crippen molar-refractivity contribution < 1.29 is 0 Å². The van der Waals surface area contributed by atoms with E-state index >= 15 is 0 Å². The van der Waals surface area contributed by atoms with Gasteiger partial charge in [-0.3, -0.25) is 4.57 Å². The Labute approximate surface area is 126 Å². The zero-order valence-electron chi connectivity index (χ0n) is 10.9. The number of nitrogens with zero attached hydrogens (tertiary/aromatic N) is 2. The van der Waals surface area contributed by atoms with Gasteiger partial charge < -0.3 is 5.32 Å². The first-order valence-electron chi connectivity index (χ1n) is 6.36. The summed E-state index contributed by atoms with van der Waals surface area (Å²) in [6.07, 6.45) is 5.56. The highest BCUT2D eigenvalue weighted by Crippen LogP contribution is 2.23. The monoisotopic (exact) mass is 327 g/mol. The van der Waals surface area contributed by atoms with Crippen molar-refractivity contribution in [3.8, 4) is 5.69 Å². The average Bonchev–Trinajstić information content (AvgIpc) is 2.93. The van der Waals surface area contributed by atoms with Gasteiger partial charge in [0, 0.05) is 29.1 Å². The van der Waals surface area contributed by atoms with E-state index in [1.54, 1.807) is 6.20 Å². The summed E-state index contributed by atoms with van der Waals surface area (Å²) in [5.41, 5.74) is 1.09. The lowest BCUT2D eigenvalue weighted by atomic mass is 10.1. The molecule has 0 aliphatic carbocycles. The molecule has 0 aliphatic rings. The van der Waals surface area contributed by atoms with E-state index in [-0.39, 0.29) is 0 Å². The van der Waals surface area contributed by atoms with E-state index in [4.69, 9.17) is 0 Å². The third-order valence-electron chi connectivity index (χ3n) is 3.11. The van der Waals surface area contributed by atoms with Gasteiger partial charge in [0.15, 0.2) is 0 Å². The number of fused-ring (bicyclic) bond motifs is 1. The number of halogens is 1. The first-order valence-corrected chi connectivity index (χ1v) is 7.15. The minimum atomic E-state index is 0.692. The highest BCUT2D eigenvalue weighted by molar-refractivity contribution is 9.10. The topological polar surface area (TPSA) is 29.9 Å². The quantitative estimate of drug-likeness (QED) is 0.720. The Morgan fingerprint density at radius 3 is 2.85 bits per heavy atom. The molecule has 1 N–H and O–H groups in total. The van der Waals surface area contributed by atoms with E-state index in [1.807, 2.05) is 16.8 Å². The Morgan fingerprint density at radius 1 is 1.20 bits per heavy atom. The first kappa shape index (κ1) is 12.9. The normalized spacial score (nSPS) is 10.7. The smallest absolute Gasteiger partial charge is 0.207 e. The number of anilines is 1. The van der Waals surface area contributed by atoms with Crippen LogP contribution in [0.2, 0.25) is 0 Å². The molecule has 3 aromatic rings. The summed E-state index contributed by atoms with van der Waals surface area (Å²) in [7, 11) is 0. The van der Waals surface area contributed by atoms with Crippen molar-refractivity contribution in [2.75, 3.05) is 11.9 Å². The van der Waals surface area contributed by atoms with Crippen molar-refractivity contribution in [1.82, 2.24) is 9.55 Å². The molecule has 1 aromatic heterocycles. The Hall–Kier alpha value is -2.07. The molecule has 4 heteroatoms. The van der Waals surface area contributed by atoms with Crippen LogP contribution in [0.15, 0.2) is 65.9 Å². The molecule has 3 nitrogen and oxygen atoms in total. The van der Waals surface area contributed by atoms with Crippen LogP contribution in [0.4, 0.5) is 5.95 Å². The summed E-state index contributed by atoms with van der Waals surface area (Å²) in [6.45, 7) is 4.40. The Morgan fingerprint density at radius 2 is 2.00 bits per heavy atom. The van der Waals surface area contributed by atoms with Crippen molar-refractivity contribution in [2.45, 2.75) is 0 Å². The van der Waals surface area contributed by atoms with E-state index in [0.717, 1.165) is 16.1 Å². The minimum absolute atomic E-state index is 0.692. The van der Waals surface area contributed by atoms with E-state index in [0.29, 0.717) is 6.54 Å². The summed E-state index contributed by atoms with van der Waals surface area (Å²) in [4.78, 5) is 4.32. The third kappa shape index (κ3) is 2.47. The second-order valence-corrected chi connectivity index (χ2v) is 5.38. The van der Waals surface area contributed by atoms with Crippen molar-refractivity contribution in [2.24, 2.45) is 0 Å². The molecule has 20 heavy (non-hydrogen) atoms. The Bertz CT molecular complexity index is 761. The number of hydrogen-bond donors (Lipinski definition) is 1. The zero-order valence-corrected chi connectivity index (χ0v) is 12.5. The molecular formula is C16H14BrN3. The molecule has 0 radical (unpaired) electrons. The van der Waals surface area contributed by atoms with E-state index in [2.05, 4.69) is 69.2 Å². The second-order valence-electron chi connectivity index (χ2n) is 4.47. The van der Waals surface area contributed by atoms with Crippen LogP contribution >= 0.6 is 15.9 Å². The van der Waals surface area contributed by atoms with Crippen molar-refractivity contribution in [3.05, 3.63) is 65.9 Å². The van der Waals surface area contributed by atoms with Crippen LogP contribution in [0.5, 0.6) is 0 Å². The van der Waals surface area contributed by atoms with Gasteiger partial charge in [-0.25, -0.2) is 4.98 Å². The largest absolute Gasteiger partial charge is 0.352 e. The molecule has 0 amide bonds. The van der Waals surface area contributed by atoms with Crippen LogP contribution in [0.3, 0.4) is 0 Å². The van der Waals surface area contributed by atoms with Gasteiger partial charge in [-0.2, -0.15) is 0 Å². The van der Waals surface area contributed by atoms with Gasteiger partial charge in [0.25, 0.3) is 0 Å². The van der Waals surface area contributed by atoms with Gasteiger partial charge in [0.1, 0.15) is 0 Å². The second kappa shape index (κ2) is 5.51. The Kier molecular flexibility index (Phi) is 3.56. The van der Waals surface area contributed by atoms with Crippen LogP contribution in [0.25, 0.3) is 16.5 Å². The number of nitrogens with one attached hydrogen (secondary N) is 1. The predicted molar refractivity (Wildman–Crippen MR) is 87.5 cm³/mol. The van der Waals surface area contributed by atoms with E-state index in [1.165, 1.54) is 10.8 Å². The summed E-state index contributed by atoms with van der Waals surface area (Å²) >= 11 is 3.50. The van der Waals surface area contributed by atoms with Gasteiger partial charge in [-0.15, -0.1) is 6.58 Å². The van der Waals surface area contributed by atoms with E-state index in [9.17, 15) is 0 Å². The molecule has 0 bridgehead atoms. The predicted octanol–water partition coefficient (Wildman–Crippen LogP) is 4.39. The molecule has 1 heterocycles. The fraction of sp³-hybridized carbons (Fsp3) is 0.0625. The molecule has 2 aromatic carbocycles. The zero-order chi connectivity index (χ0) is 13.9. The van der Waals surface area contributed by atoms with Gasteiger partial charge in [0.05, 0.1) is 0 Å². The minimum Gasteiger partial charge on any atom is -0.352 e. The van der Waals surface area contributed by atoms with Gasteiger partial charge in [-0.1, -0.05) is 34.1 Å². The average molecular weight is 328 g/mol. The lowest BCUT2D eigenvalue weighted by Gasteiger charge is -2.09. The summed E-state index contributed by atoms with van der Waals surface area (Å²) in [5, 5.41) is 5.64. The van der Waals surface area contributed by atoms with Gasteiger partial charge in [-0.05, 0) is 35.0 Å².